The van der Waals surface area contributed by atoms with Crippen molar-refractivity contribution in [2.45, 2.75) is 20.0 Å². The fourth-order valence-corrected chi connectivity index (χ4v) is 1.21. The molecule has 0 radical (unpaired) electrons. The summed E-state index contributed by atoms with van der Waals surface area (Å²) in [7, 11) is 0. The molecule has 0 aromatic heterocycles. The van der Waals surface area contributed by atoms with Crippen molar-refractivity contribution < 1.29 is 23.0 Å². The van der Waals surface area contributed by atoms with E-state index in [1.165, 1.54) is 13.0 Å². The van der Waals surface area contributed by atoms with Gasteiger partial charge in [-0.25, -0.2) is 0 Å². The number of benzene rings is 1. The highest BCUT2D eigenvalue weighted by Crippen LogP contribution is 2.39. The van der Waals surface area contributed by atoms with E-state index in [1.807, 2.05) is 0 Å². The maximum atomic E-state index is 12.4. The molecular weight excluding hydrogens is 209 g/mol. The van der Waals surface area contributed by atoms with E-state index in [0.29, 0.717) is 0 Å². The summed E-state index contributed by atoms with van der Waals surface area (Å²) in [6.07, 6.45) is -4.57. The lowest BCUT2D eigenvalue weighted by molar-refractivity contribution is -0.138. The second-order valence-electron chi connectivity index (χ2n) is 3.07. The van der Waals surface area contributed by atoms with Gasteiger partial charge in [0, 0.05) is 0 Å². The largest absolute Gasteiger partial charge is 0.507 e. The molecule has 0 heterocycles. The smallest absolute Gasteiger partial charge is 0.420 e. The van der Waals surface area contributed by atoms with E-state index in [9.17, 15) is 18.3 Å². The van der Waals surface area contributed by atoms with E-state index in [0.717, 1.165) is 6.07 Å². The van der Waals surface area contributed by atoms with Gasteiger partial charge in [0.25, 0.3) is 0 Å². The normalized spacial score (nSPS) is 11.5. The molecule has 0 saturated carbocycles. The van der Waals surface area contributed by atoms with Crippen LogP contribution in [0.3, 0.4) is 0 Å². The standard InChI is InChI=1S/C10H11F3O2/c1-3-15-7-4-6(2)9(14)8(5-7)10(11,12)13/h4-5,14H,3H2,1-2H3. The van der Waals surface area contributed by atoms with Gasteiger partial charge in [-0.2, -0.15) is 13.2 Å². The van der Waals surface area contributed by atoms with Crippen molar-refractivity contribution in [2.24, 2.45) is 0 Å². The number of ether oxygens (including phenoxy) is 1. The molecule has 1 N–H and O–H groups in total. The highest BCUT2D eigenvalue weighted by Gasteiger charge is 2.35. The molecule has 0 bridgehead atoms. The summed E-state index contributed by atoms with van der Waals surface area (Å²) in [5.74, 6) is -0.633. The average Bonchev–Trinajstić information content (AvgIpc) is 2.09. The van der Waals surface area contributed by atoms with E-state index in [4.69, 9.17) is 4.74 Å². The summed E-state index contributed by atoms with van der Waals surface area (Å²) in [5, 5.41) is 9.25. The Bertz CT molecular complexity index is 358. The van der Waals surface area contributed by atoms with Crippen LogP contribution in [0.5, 0.6) is 11.5 Å². The number of phenolic OH excluding ortho intramolecular Hbond substituents is 1. The molecule has 0 aliphatic heterocycles. The zero-order valence-electron chi connectivity index (χ0n) is 8.35. The van der Waals surface area contributed by atoms with Crippen LogP contribution in [-0.2, 0) is 6.18 Å². The molecule has 5 heteroatoms. The third kappa shape index (κ3) is 2.55. The number of rotatable bonds is 2. The average molecular weight is 220 g/mol. The Balaban J connectivity index is 3.25. The van der Waals surface area contributed by atoms with Gasteiger partial charge in [0.05, 0.1) is 6.61 Å². The number of alkyl halides is 3. The molecule has 0 unspecified atom stereocenters. The van der Waals surface area contributed by atoms with Crippen LogP contribution < -0.4 is 4.74 Å². The number of hydrogen-bond acceptors (Lipinski definition) is 2. The lowest BCUT2D eigenvalue weighted by atomic mass is 10.1. The molecule has 1 aromatic carbocycles. The van der Waals surface area contributed by atoms with Gasteiger partial charge in [-0.1, -0.05) is 0 Å². The Morgan fingerprint density at radius 2 is 1.93 bits per heavy atom. The Morgan fingerprint density at radius 3 is 2.40 bits per heavy atom. The van der Waals surface area contributed by atoms with Gasteiger partial charge < -0.3 is 9.84 Å². The molecule has 0 atom stereocenters. The second kappa shape index (κ2) is 4.00. The molecule has 84 valence electrons. The third-order valence-electron chi connectivity index (χ3n) is 1.89. The third-order valence-corrected chi connectivity index (χ3v) is 1.89. The molecule has 15 heavy (non-hydrogen) atoms. The molecule has 0 fully saturated rings. The highest BCUT2D eigenvalue weighted by atomic mass is 19.4. The molecule has 0 aliphatic rings. The maximum Gasteiger partial charge on any atom is 0.420 e. The monoisotopic (exact) mass is 220 g/mol. The Morgan fingerprint density at radius 1 is 1.33 bits per heavy atom. The predicted octanol–water partition coefficient (Wildman–Crippen LogP) is 3.12. The van der Waals surface area contributed by atoms with Gasteiger partial charge in [-0.3, -0.25) is 0 Å². The van der Waals surface area contributed by atoms with E-state index in [-0.39, 0.29) is 17.9 Å². The number of aromatic hydroxyl groups is 1. The van der Waals surface area contributed by atoms with Crippen LogP contribution in [-0.4, -0.2) is 11.7 Å². The van der Waals surface area contributed by atoms with Crippen molar-refractivity contribution >= 4 is 0 Å². The number of halogens is 3. The first-order valence-electron chi connectivity index (χ1n) is 4.40. The van der Waals surface area contributed by atoms with E-state index >= 15 is 0 Å². The first-order valence-corrected chi connectivity index (χ1v) is 4.40. The molecule has 2 nitrogen and oxygen atoms in total. The minimum absolute atomic E-state index is 0.111. The SMILES string of the molecule is CCOc1cc(C)c(O)c(C(F)(F)F)c1. The van der Waals surface area contributed by atoms with Crippen molar-refractivity contribution in [1.29, 1.82) is 0 Å². The Hall–Kier alpha value is -1.39. The molecule has 1 aromatic rings. The Kier molecular flexibility index (Phi) is 3.12. The molecule has 1 rings (SSSR count). The van der Waals surface area contributed by atoms with Crippen molar-refractivity contribution in [3.63, 3.8) is 0 Å². The molecule has 0 amide bonds. The van der Waals surface area contributed by atoms with Gasteiger partial charge in [0.15, 0.2) is 0 Å². The summed E-state index contributed by atoms with van der Waals surface area (Å²) in [6.45, 7) is 3.35. The number of phenols is 1. The zero-order valence-corrected chi connectivity index (χ0v) is 8.35. The quantitative estimate of drug-likeness (QED) is 0.829. The van der Waals surface area contributed by atoms with Crippen molar-refractivity contribution in [3.05, 3.63) is 23.3 Å². The lowest BCUT2D eigenvalue weighted by Gasteiger charge is -2.13. The molecule has 0 aliphatic carbocycles. The zero-order chi connectivity index (χ0) is 11.6. The van der Waals surface area contributed by atoms with Crippen molar-refractivity contribution in [3.8, 4) is 11.5 Å². The minimum atomic E-state index is -4.57. The highest BCUT2D eigenvalue weighted by molar-refractivity contribution is 5.47. The topological polar surface area (TPSA) is 29.5 Å². The van der Waals surface area contributed by atoms with E-state index in [2.05, 4.69) is 0 Å². The van der Waals surface area contributed by atoms with Gasteiger partial charge >= 0.3 is 6.18 Å². The van der Waals surface area contributed by atoms with Crippen LogP contribution in [0.2, 0.25) is 0 Å². The lowest BCUT2D eigenvalue weighted by Crippen LogP contribution is -2.07. The van der Waals surface area contributed by atoms with Crippen LogP contribution in [0.4, 0.5) is 13.2 Å². The summed E-state index contributed by atoms with van der Waals surface area (Å²) in [4.78, 5) is 0. The number of hydrogen-bond donors (Lipinski definition) is 1. The predicted molar refractivity (Wildman–Crippen MR) is 49.0 cm³/mol. The van der Waals surface area contributed by atoms with E-state index < -0.39 is 17.5 Å². The second-order valence-corrected chi connectivity index (χ2v) is 3.07. The first-order chi connectivity index (χ1) is 6.86. The molecular formula is C10H11F3O2. The van der Waals surface area contributed by atoms with E-state index in [1.54, 1.807) is 6.92 Å². The summed E-state index contributed by atoms with van der Waals surface area (Å²) >= 11 is 0. The van der Waals surface area contributed by atoms with Gasteiger partial charge in [0.1, 0.15) is 17.1 Å². The summed E-state index contributed by atoms with van der Waals surface area (Å²) in [5.41, 5.74) is -0.917. The first kappa shape index (κ1) is 11.7. The van der Waals surface area contributed by atoms with Crippen LogP contribution in [0.1, 0.15) is 18.1 Å². The summed E-state index contributed by atoms with van der Waals surface area (Å²) < 4.78 is 42.3. The van der Waals surface area contributed by atoms with Crippen LogP contribution in [0, 0.1) is 6.92 Å². The molecule has 0 spiro atoms. The molecule has 0 saturated heterocycles. The van der Waals surface area contributed by atoms with Crippen LogP contribution in [0.15, 0.2) is 12.1 Å². The van der Waals surface area contributed by atoms with Gasteiger partial charge in [-0.15, -0.1) is 0 Å². The van der Waals surface area contributed by atoms with Crippen LogP contribution in [0.25, 0.3) is 0 Å². The Labute approximate surface area is 85.3 Å². The maximum absolute atomic E-state index is 12.4. The van der Waals surface area contributed by atoms with Crippen molar-refractivity contribution in [1.82, 2.24) is 0 Å². The fraction of sp³-hybridized carbons (Fsp3) is 0.400. The van der Waals surface area contributed by atoms with Crippen molar-refractivity contribution in [2.75, 3.05) is 6.61 Å². The number of aryl methyl sites for hydroxylation is 1. The fourth-order valence-electron chi connectivity index (χ4n) is 1.21. The van der Waals surface area contributed by atoms with Gasteiger partial charge in [0.2, 0.25) is 0 Å². The summed E-state index contributed by atoms with van der Waals surface area (Å²) in [6, 6.07) is 2.17. The van der Waals surface area contributed by atoms with Crippen LogP contribution >= 0.6 is 0 Å². The van der Waals surface area contributed by atoms with Gasteiger partial charge in [-0.05, 0) is 31.5 Å². The minimum Gasteiger partial charge on any atom is -0.507 e.